The molecule has 1 aromatic carbocycles. The number of thioether (sulfide) groups is 1. The van der Waals surface area contributed by atoms with Crippen molar-refractivity contribution < 1.29 is 9.47 Å². The quantitative estimate of drug-likeness (QED) is 0.470. The van der Waals surface area contributed by atoms with Gasteiger partial charge in [0, 0.05) is 0 Å². The largest absolute Gasteiger partial charge is 0.497 e. The second kappa shape index (κ2) is 10.8. The van der Waals surface area contributed by atoms with Crippen LogP contribution in [0.1, 0.15) is 13.8 Å². The molecule has 0 aliphatic rings. The van der Waals surface area contributed by atoms with Gasteiger partial charge in [0.05, 0.1) is 19.4 Å². The molecule has 0 atom stereocenters. The van der Waals surface area contributed by atoms with Crippen molar-refractivity contribution in [2.75, 3.05) is 19.5 Å². The van der Waals surface area contributed by atoms with Crippen molar-refractivity contribution >= 4 is 52.6 Å². The lowest BCUT2D eigenvalue weighted by Gasteiger charge is -2.03. The minimum Gasteiger partial charge on any atom is -0.497 e. The molecule has 0 aliphatic heterocycles. The van der Waals surface area contributed by atoms with Crippen molar-refractivity contribution in [1.82, 2.24) is 0 Å². The minimum atomic E-state index is 0. The number of benzene rings is 1. The number of hydrogen-bond acceptors (Lipinski definition) is 4. The zero-order chi connectivity index (χ0) is 14.1. The Morgan fingerprint density at radius 2 is 1.90 bits per heavy atom. The SMILES string of the molecule is CCO/C(N)=N/C(=Nc1ccc(OC)cc1)SCC.I. The van der Waals surface area contributed by atoms with E-state index < -0.39 is 0 Å². The van der Waals surface area contributed by atoms with Crippen LogP contribution in [0, 0.1) is 0 Å². The van der Waals surface area contributed by atoms with Gasteiger partial charge < -0.3 is 15.2 Å². The Morgan fingerprint density at radius 3 is 2.40 bits per heavy atom. The van der Waals surface area contributed by atoms with Crippen LogP contribution in [0.15, 0.2) is 34.3 Å². The fraction of sp³-hybridized carbons (Fsp3) is 0.385. The van der Waals surface area contributed by atoms with E-state index in [-0.39, 0.29) is 30.0 Å². The van der Waals surface area contributed by atoms with Crippen LogP contribution in [0.25, 0.3) is 0 Å². The first-order chi connectivity index (χ1) is 9.19. The van der Waals surface area contributed by atoms with Gasteiger partial charge in [0.1, 0.15) is 5.75 Å². The van der Waals surface area contributed by atoms with Crippen LogP contribution >= 0.6 is 35.7 Å². The summed E-state index contributed by atoms with van der Waals surface area (Å²) in [6.07, 6.45) is 0. The highest BCUT2D eigenvalue weighted by Crippen LogP contribution is 2.20. The van der Waals surface area contributed by atoms with E-state index in [1.165, 1.54) is 11.8 Å². The molecule has 20 heavy (non-hydrogen) atoms. The van der Waals surface area contributed by atoms with Gasteiger partial charge in [-0.05, 0) is 36.9 Å². The maximum Gasteiger partial charge on any atom is 0.289 e. The van der Waals surface area contributed by atoms with Gasteiger partial charge in [-0.2, -0.15) is 4.99 Å². The lowest BCUT2D eigenvalue weighted by Crippen LogP contribution is -2.17. The van der Waals surface area contributed by atoms with Crippen LogP contribution in [0.3, 0.4) is 0 Å². The highest BCUT2D eigenvalue weighted by atomic mass is 127. The van der Waals surface area contributed by atoms with Crippen LogP contribution in [0.5, 0.6) is 5.75 Å². The van der Waals surface area contributed by atoms with Crippen molar-refractivity contribution in [2.24, 2.45) is 15.7 Å². The fourth-order valence-corrected chi connectivity index (χ4v) is 1.84. The highest BCUT2D eigenvalue weighted by Gasteiger charge is 2.01. The molecule has 0 saturated heterocycles. The topological polar surface area (TPSA) is 69.2 Å². The molecule has 1 aromatic rings. The second-order valence-electron chi connectivity index (χ2n) is 3.41. The third-order valence-corrected chi connectivity index (χ3v) is 2.80. The molecule has 5 nitrogen and oxygen atoms in total. The number of methoxy groups -OCH3 is 1. The predicted molar refractivity (Wildman–Crippen MR) is 96.9 cm³/mol. The zero-order valence-electron chi connectivity index (χ0n) is 11.8. The Balaban J connectivity index is 0.00000361. The van der Waals surface area contributed by atoms with Gasteiger partial charge >= 0.3 is 0 Å². The third kappa shape index (κ3) is 6.99. The highest BCUT2D eigenvalue weighted by molar-refractivity contribution is 14.0. The molecule has 2 N–H and O–H groups in total. The Labute approximate surface area is 141 Å². The zero-order valence-corrected chi connectivity index (χ0v) is 15.0. The van der Waals surface area contributed by atoms with Gasteiger partial charge in [-0.3, -0.25) is 0 Å². The minimum absolute atomic E-state index is 0. The molecule has 112 valence electrons. The number of amidine groups is 2. The van der Waals surface area contributed by atoms with E-state index in [0.717, 1.165) is 17.2 Å². The molecular formula is C13H20IN3O2S. The second-order valence-corrected chi connectivity index (χ2v) is 4.64. The average Bonchev–Trinajstić information content (AvgIpc) is 2.40. The first-order valence-corrected chi connectivity index (χ1v) is 7.00. The Hall–Kier alpha value is -0.960. The van der Waals surface area contributed by atoms with E-state index in [9.17, 15) is 0 Å². The van der Waals surface area contributed by atoms with Gasteiger partial charge in [-0.1, -0.05) is 18.7 Å². The number of hydrogen-bond donors (Lipinski definition) is 1. The molecule has 7 heteroatoms. The van der Waals surface area contributed by atoms with Crippen molar-refractivity contribution in [3.63, 3.8) is 0 Å². The molecule has 0 aliphatic carbocycles. The molecule has 0 bridgehead atoms. The van der Waals surface area contributed by atoms with Crippen molar-refractivity contribution in [3.05, 3.63) is 24.3 Å². The summed E-state index contributed by atoms with van der Waals surface area (Å²) in [5.74, 6) is 1.65. The van der Waals surface area contributed by atoms with E-state index in [2.05, 4.69) is 9.98 Å². The first kappa shape index (κ1) is 19.0. The molecule has 0 saturated carbocycles. The van der Waals surface area contributed by atoms with Crippen molar-refractivity contribution in [1.29, 1.82) is 0 Å². The summed E-state index contributed by atoms with van der Waals surface area (Å²) in [5.41, 5.74) is 6.42. The van der Waals surface area contributed by atoms with E-state index in [4.69, 9.17) is 15.2 Å². The monoisotopic (exact) mass is 409 g/mol. The molecule has 0 unspecified atom stereocenters. The molecule has 0 aromatic heterocycles. The molecule has 0 amide bonds. The summed E-state index contributed by atoms with van der Waals surface area (Å²) >= 11 is 1.51. The number of ether oxygens (including phenoxy) is 2. The summed E-state index contributed by atoms with van der Waals surface area (Å²) in [4.78, 5) is 8.57. The van der Waals surface area contributed by atoms with Crippen LogP contribution in [0.4, 0.5) is 5.69 Å². The van der Waals surface area contributed by atoms with E-state index in [1.807, 2.05) is 38.1 Å². The molecular weight excluding hydrogens is 389 g/mol. The summed E-state index contributed by atoms with van der Waals surface area (Å²) in [6.45, 7) is 4.37. The van der Waals surface area contributed by atoms with Gasteiger partial charge in [-0.15, -0.1) is 24.0 Å². The lowest BCUT2D eigenvalue weighted by molar-refractivity contribution is 0.323. The van der Waals surface area contributed by atoms with E-state index in [1.54, 1.807) is 7.11 Å². The average molecular weight is 409 g/mol. The molecule has 0 heterocycles. The Morgan fingerprint density at radius 1 is 1.25 bits per heavy atom. The summed E-state index contributed by atoms with van der Waals surface area (Å²) < 4.78 is 10.2. The normalized spacial score (nSPS) is 11.8. The summed E-state index contributed by atoms with van der Waals surface area (Å²) in [7, 11) is 1.63. The molecule has 0 radical (unpaired) electrons. The van der Waals surface area contributed by atoms with Gasteiger partial charge in [-0.25, -0.2) is 4.99 Å². The lowest BCUT2D eigenvalue weighted by atomic mass is 10.3. The number of rotatable bonds is 4. The maximum atomic E-state index is 5.63. The third-order valence-electron chi connectivity index (χ3n) is 2.07. The van der Waals surface area contributed by atoms with Crippen molar-refractivity contribution in [2.45, 2.75) is 13.8 Å². The number of nitrogens with two attached hydrogens (primary N) is 1. The van der Waals surface area contributed by atoms with Crippen molar-refractivity contribution in [3.8, 4) is 5.75 Å². The number of nitrogens with zero attached hydrogens (tertiary/aromatic N) is 2. The predicted octanol–water partition coefficient (Wildman–Crippen LogP) is 3.41. The summed E-state index contributed by atoms with van der Waals surface area (Å²) in [6, 6.07) is 7.56. The van der Waals surface area contributed by atoms with Crippen LogP contribution < -0.4 is 10.5 Å². The van der Waals surface area contributed by atoms with Crippen LogP contribution in [0.2, 0.25) is 0 Å². The Kier molecular flexibility index (Phi) is 10.3. The molecule has 1 rings (SSSR count). The Bertz CT molecular complexity index is 449. The summed E-state index contributed by atoms with van der Waals surface area (Å²) in [5, 5.41) is 0.582. The first-order valence-electron chi connectivity index (χ1n) is 6.02. The maximum absolute atomic E-state index is 5.63. The van der Waals surface area contributed by atoms with E-state index in [0.29, 0.717) is 11.8 Å². The molecule has 0 spiro atoms. The fourth-order valence-electron chi connectivity index (χ4n) is 1.26. The van der Waals surface area contributed by atoms with Gasteiger partial charge in [0.2, 0.25) is 0 Å². The van der Waals surface area contributed by atoms with Gasteiger partial charge in [0.25, 0.3) is 6.02 Å². The standard InChI is InChI=1S/C13H19N3O2S.HI/c1-4-18-12(14)16-13(19-5-2)15-10-6-8-11(17-3)9-7-10;/h6-9H,4-5H2,1-3H3,(H2,14,15,16);1H. The molecule has 0 fully saturated rings. The number of aliphatic imine (C=N–C) groups is 2. The van der Waals surface area contributed by atoms with Crippen LogP contribution in [-0.4, -0.2) is 30.7 Å². The van der Waals surface area contributed by atoms with Crippen LogP contribution in [-0.2, 0) is 4.74 Å². The van der Waals surface area contributed by atoms with Gasteiger partial charge in [0.15, 0.2) is 5.17 Å². The van der Waals surface area contributed by atoms with E-state index >= 15 is 0 Å². The number of halogens is 1. The smallest absolute Gasteiger partial charge is 0.289 e.